The molecule has 0 atom stereocenters. The van der Waals surface area contributed by atoms with Crippen molar-refractivity contribution in [2.75, 3.05) is 36.2 Å². The Hall–Kier alpha value is -2.93. The fraction of sp³-hybridized carbons (Fsp3) is 0.444. The number of anilines is 3. The molecule has 2 aromatic carbocycles. The van der Waals surface area contributed by atoms with E-state index in [9.17, 15) is 0 Å². The third kappa shape index (κ3) is 5.95. The number of nitrogens with one attached hydrogen (secondary N) is 3. The summed E-state index contributed by atoms with van der Waals surface area (Å²) >= 11 is 5.58. The van der Waals surface area contributed by atoms with Crippen LogP contribution >= 0.6 is 12.2 Å². The average molecular weight is 477 g/mol. The van der Waals surface area contributed by atoms with E-state index in [0.29, 0.717) is 23.0 Å². The van der Waals surface area contributed by atoms with Gasteiger partial charge in [-0.05, 0) is 73.5 Å². The van der Waals surface area contributed by atoms with E-state index in [1.165, 1.54) is 5.56 Å². The fourth-order valence-electron chi connectivity index (χ4n) is 4.68. The number of thiocarbonyl (C=S) groups is 1. The smallest absolute Gasteiger partial charge is 0.225 e. The fourth-order valence-corrected chi connectivity index (χ4v) is 4.87. The molecule has 1 aliphatic rings. The van der Waals surface area contributed by atoms with Crippen LogP contribution < -0.4 is 20.9 Å². The van der Waals surface area contributed by atoms with Crippen molar-refractivity contribution < 1.29 is 0 Å². The zero-order valence-corrected chi connectivity index (χ0v) is 21.5. The summed E-state index contributed by atoms with van der Waals surface area (Å²) in [5, 5.41) is 12.2. The van der Waals surface area contributed by atoms with Crippen molar-refractivity contribution in [3.8, 4) is 0 Å². The van der Waals surface area contributed by atoms with Crippen molar-refractivity contribution in [2.45, 2.75) is 51.5 Å². The summed E-state index contributed by atoms with van der Waals surface area (Å²) in [7, 11) is 4.05. The largest absolute Gasteiger partial charge is 0.362 e. The number of nitrogens with zero attached hydrogens (tertiary/aromatic N) is 3. The highest BCUT2D eigenvalue weighted by molar-refractivity contribution is 7.80. The number of rotatable bonds is 7. The van der Waals surface area contributed by atoms with Crippen LogP contribution in [0.4, 0.5) is 17.5 Å². The highest BCUT2D eigenvalue weighted by Crippen LogP contribution is 2.28. The maximum atomic E-state index is 5.58. The molecule has 7 heteroatoms. The molecule has 1 heterocycles. The number of fused-ring (bicyclic) bond motifs is 1. The summed E-state index contributed by atoms with van der Waals surface area (Å²) in [6.45, 7) is 5.31. The van der Waals surface area contributed by atoms with Crippen LogP contribution in [0.2, 0.25) is 0 Å². The molecule has 1 saturated carbocycles. The minimum Gasteiger partial charge on any atom is -0.362 e. The predicted octanol–water partition coefficient (Wildman–Crippen LogP) is 5.78. The first kappa shape index (κ1) is 24.2. The van der Waals surface area contributed by atoms with E-state index in [-0.39, 0.29) is 0 Å². The molecule has 0 aliphatic heterocycles. The van der Waals surface area contributed by atoms with Gasteiger partial charge in [0, 0.05) is 37.8 Å². The lowest BCUT2D eigenvalue weighted by molar-refractivity contribution is 0.336. The van der Waals surface area contributed by atoms with Gasteiger partial charge in [0.1, 0.15) is 5.82 Å². The lowest BCUT2D eigenvalue weighted by Gasteiger charge is -2.30. The van der Waals surface area contributed by atoms with E-state index in [4.69, 9.17) is 22.2 Å². The summed E-state index contributed by atoms with van der Waals surface area (Å²) in [6, 6.07) is 17.0. The van der Waals surface area contributed by atoms with Gasteiger partial charge < -0.3 is 20.9 Å². The van der Waals surface area contributed by atoms with Gasteiger partial charge in [0.2, 0.25) is 5.95 Å². The van der Waals surface area contributed by atoms with E-state index < -0.39 is 0 Å². The van der Waals surface area contributed by atoms with Crippen LogP contribution in [0.15, 0.2) is 48.5 Å². The van der Waals surface area contributed by atoms with Crippen LogP contribution in [0.5, 0.6) is 0 Å². The van der Waals surface area contributed by atoms with E-state index in [2.05, 4.69) is 54.1 Å². The van der Waals surface area contributed by atoms with Gasteiger partial charge in [-0.3, -0.25) is 0 Å². The Bertz CT molecular complexity index is 1120. The van der Waals surface area contributed by atoms with E-state index in [0.717, 1.165) is 60.6 Å². The SMILES string of the molecule is CC(C)c1ccccc1NC(=S)NCC1CCC(Nc2nc(N(C)C)c3ccccc3n2)CC1. The number of aromatic nitrogens is 2. The van der Waals surface area contributed by atoms with E-state index >= 15 is 0 Å². The Morgan fingerprint density at radius 3 is 2.44 bits per heavy atom. The molecule has 4 rings (SSSR count). The van der Waals surface area contributed by atoms with Crippen LogP contribution in [0.3, 0.4) is 0 Å². The molecule has 0 saturated heterocycles. The molecule has 0 radical (unpaired) electrons. The molecule has 0 spiro atoms. The second-order valence-corrected chi connectivity index (χ2v) is 10.1. The Kier molecular flexibility index (Phi) is 7.83. The first-order valence-corrected chi connectivity index (χ1v) is 12.7. The van der Waals surface area contributed by atoms with Crippen molar-refractivity contribution >= 4 is 45.7 Å². The van der Waals surface area contributed by atoms with Crippen molar-refractivity contribution in [1.82, 2.24) is 15.3 Å². The molecule has 34 heavy (non-hydrogen) atoms. The molecule has 1 aliphatic carbocycles. The molecule has 6 nitrogen and oxygen atoms in total. The molecule has 1 fully saturated rings. The third-order valence-corrected chi connectivity index (χ3v) is 6.82. The standard InChI is InChI=1S/C27H36N6S/c1-18(2)21-9-5-7-11-23(21)31-27(34)28-17-19-13-15-20(16-14-19)29-26-30-24-12-8-6-10-22(24)25(32-26)33(3)4/h5-12,18-20H,13-17H2,1-4H3,(H2,28,31,34)(H,29,30,32). The lowest BCUT2D eigenvalue weighted by Crippen LogP contribution is -2.36. The molecule has 0 unspecified atom stereocenters. The van der Waals surface area contributed by atoms with Crippen molar-refractivity contribution in [3.05, 3.63) is 54.1 Å². The van der Waals surface area contributed by atoms with Gasteiger partial charge in [-0.15, -0.1) is 0 Å². The lowest BCUT2D eigenvalue weighted by atomic mass is 9.86. The molecule has 3 N–H and O–H groups in total. The number of hydrogen-bond acceptors (Lipinski definition) is 5. The number of para-hydroxylation sites is 2. The van der Waals surface area contributed by atoms with Crippen molar-refractivity contribution in [2.24, 2.45) is 5.92 Å². The van der Waals surface area contributed by atoms with Gasteiger partial charge >= 0.3 is 0 Å². The Balaban J connectivity index is 1.28. The molecule has 1 aromatic heterocycles. The van der Waals surface area contributed by atoms with Crippen molar-refractivity contribution in [3.63, 3.8) is 0 Å². The van der Waals surface area contributed by atoms with Gasteiger partial charge in [0.05, 0.1) is 5.52 Å². The zero-order valence-electron chi connectivity index (χ0n) is 20.6. The number of benzene rings is 2. The van der Waals surface area contributed by atoms with Gasteiger partial charge in [0.15, 0.2) is 5.11 Å². The second-order valence-electron chi connectivity index (χ2n) is 9.72. The summed E-state index contributed by atoms with van der Waals surface area (Å²) < 4.78 is 0. The minimum atomic E-state index is 0.399. The predicted molar refractivity (Wildman–Crippen MR) is 148 cm³/mol. The monoisotopic (exact) mass is 476 g/mol. The van der Waals surface area contributed by atoms with Gasteiger partial charge in [0.25, 0.3) is 0 Å². The van der Waals surface area contributed by atoms with E-state index in [1.807, 2.05) is 43.3 Å². The van der Waals surface area contributed by atoms with Crippen molar-refractivity contribution in [1.29, 1.82) is 0 Å². The minimum absolute atomic E-state index is 0.399. The summed E-state index contributed by atoms with van der Waals surface area (Å²) in [6.07, 6.45) is 4.53. The average Bonchev–Trinajstić information content (AvgIpc) is 2.83. The second kappa shape index (κ2) is 11.0. The molecule has 0 amide bonds. The number of hydrogen-bond donors (Lipinski definition) is 3. The molecule has 3 aromatic rings. The summed E-state index contributed by atoms with van der Waals surface area (Å²) in [4.78, 5) is 11.6. The van der Waals surface area contributed by atoms with Crippen LogP contribution in [-0.2, 0) is 0 Å². The highest BCUT2D eigenvalue weighted by atomic mass is 32.1. The molecular formula is C27H36N6S. The molecule has 180 valence electrons. The van der Waals surface area contributed by atoms with Crippen LogP contribution in [-0.4, -0.2) is 41.8 Å². The Morgan fingerprint density at radius 2 is 1.71 bits per heavy atom. The van der Waals surface area contributed by atoms with Gasteiger partial charge in [-0.2, -0.15) is 4.98 Å². The topological polar surface area (TPSA) is 65.1 Å². The first-order chi connectivity index (χ1) is 16.4. The van der Waals surface area contributed by atoms with Gasteiger partial charge in [-0.1, -0.05) is 44.2 Å². The highest BCUT2D eigenvalue weighted by Gasteiger charge is 2.22. The molecule has 0 bridgehead atoms. The van der Waals surface area contributed by atoms with Crippen LogP contribution in [0, 0.1) is 5.92 Å². The van der Waals surface area contributed by atoms with Crippen LogP contribution in [0.1, 0.15) is 51.0 Å². The van der Waals surface area contributed by atoms with E-state index in [1.54, 1.807) is 0 Å². The quantitative estimate of drug-likeness (QED) is 0.374. The Morgan fingerprint density at radius 1 is 1.00 bits per heavy atom. The third-order valence-electron chi connectivity index (χ3n) is 6.57. The zero-order chi connectivity index (χ0) is 24.1. The Labute approximate surface area is 208 Å². The molecular weight excluding hydrogens is 440 g/mol. The summed E-state index contributed by atoms with van der Waals surface area (Å²) in [5.41, 5.74) is 3.35. The maximum Gasteiger partial charge on any atom is 0.225 e. The van der Waals surface area contributed by atoms with Crippen LogP contribution in [0.25, 0.3) is 10.9 Å². The maximum absolute atomic E-state index is 5.58. The van der Waals surface area contributed by atoms with Gasteiger partial charge in [-0.25, -0.2) is 4.98 Å². The first-order valence-electron chi connectivity index (χ1n) is 12.2. The summed E-state index contributed by atoms with van der Waals surface area (Å²) in [5.74, 6) is 2.74. The normalized spacial score (nSPS) is 18.0.